The van der Waals surface area contributed by atoms with Gasteiger partial charge in [-0.2, -0.15) is 5.26 Å². The summed E-state index contributed by atoms with van der Waals surface area (Å²) in [6, 6.07) is 1.76. The molecular weight excluding hydrogens is 180 g/mol. The molecule has 5 nitrogen and oxygen atoms in total. The molecule has 1 aliphatic rings. The van der Waals surface area contributed by atoms with Crippen LogP contribution in [0.4, 0.5) is 0 Å². The van der Waals surface area contributed by atoms with E-state index in [0.29, 0.717) is 0 Å². The van der Waals surface area contributed by atoms with Gasteiger partial charge in [0.25, 0.3) is 0 Å². The van der Waals surface area contributed by atoms with Gasteiger partial charge in [-0.15, -0.1) is 0 Å². The molecule has 0 aromatic heterocycles. The molecule has 0 amide bonds. The van der Waals surface area contributed by atoms with Crippen molar-refractivity contribution in [3.05, 3.63) is 0 Å². The maximum Gasteiger partial charge on any atom is 0.228 e. The standard InChI is InChI=1S/C6H10N2O3S/c7-5-6(12(8,9)10)1-3-11-4-2-6/h1-4H2,(H2,8,9,10). The van der Waals surface area contributed by atoms with Crippen molar-refractivity contribution in [3.63, 3.8) is 0 Å². The van der Waals surface area contributed by atoms with Gasteiger partial charge in [-0.25, -0.2) is 13.6 Å². The summed E-state index contributed by atoms with van der Waals surface area (Å²) in [6.45, 7) is 0.563. The van der Waals surface area contributed by atoms with Gasteiger partial charge in [-0.1, -0.05) is 0 Å². The first-order valence-corrected chi connectivity index (χ1v) is 5.08. The lowest BCUT2D eigenvalue weighted by atomic mass is 10.0. The SMILES string of the molecule is N#CC1(S(N)(=O)=O)CCOCC1. The molecule has 0 aromatic carbocycles. The van der Waals surface area contributed by atoms with Crippen LogP contribution in [0.5, 0.6) is 0 Å². The Bertz CT molecular complexity index is 297. The minimum Gasteiger partial charge on any atom is -0.381 e. The average molecular weight is 190 g/mol. The van der Waals surface area contributed by atoms with E-state index >= 15 is 0 Å². The van der Waals surface area contributed by atoms with Crippen LogP contribution in [0.3, 0.4) is 0 Å². The quantitative estimate of drug-likeness (QED) is 0.594. The molecule has 2 N–H and O–H groups in total. The molecule has 12 heavy (non-hydrogen) atoms. The number of sulfonamides is 1. The first-order valence-electron chi connectivity index (χ1n) is 3.53. The zero-order valence-corrected chi connectivity index (χ0v) is 7.30. The molecule has 1 heterocycles. The third-order valence-corrected chi connectivity index (χ3v) is 3.64. The summed E-state index contributed by atoms with van der Waals surface area (Å²) < 4.78 is 25.6. The van der Waals surface area contributed by atoms with Crippen molar-refractivity contribution in [2.24, 2.45) is 5.14 Å². The lowest BCUT2D eigenvalue weighted by Gasteiger charge is -2.27. The summed E-state index contributed by atoms with van der Waals surface area (Å²) in [6.07, 6.45) is 0.338. The molecule has 6 heteroatoms. The minimum atomic E-state index is -3.78. The first kappa shape index (κ1) is 9.45. The molecule has 0 spiro atoms. The van der Waals surface area contributed by atoms with E-state index in [2.05, 4.69) is 0 Å². The molecule has 1 fully saturated rings. The second-order valence-electron chi connectivity index (χ2n) is 2.76. The number of nitrogens with two attached hydrogens (primary N) is 1. The van der Waals surface area contributed by atoms with E-state index in [1.54, 1.807) is 6.07 Å². The van der Waals surface area contributed by atoms with Crippen LogP contribution in [-0.2, 0) is 14.8 Å². The highest BCUT2D eigenvalue weighted by molar-refractivity contribution is 7.90. The van der Waals surface area contributed by atoms with Gasteiger partial charge in [-0.3, -0.25) is 0 Å². The Kier molecular flexibility index (Phi) is 2.37. The first-order chi connectivity index (χ1) is 5.52. The Balaban J connectivity index is 2.99. The van der Waals surface area contributed by atoms with Gasteiger partial charge >= 0.3 is 0 Å². The zero-order chi connectivity index (χ0) is 9.24. The normalized spacial score (nSPS) is 23.0. The van der Waals surface area contributed by atoms with Crippen molar-refractivity contribution >= 4 is 10.0 Å². The summed E-state index contributed by atoms with van der Waals surface area (Å²) in [5.74, 6) is 0. The number of hydrogen-bond acceptors (Lipinski definition) is 4. The molecule has 0 bridgehead atoms. The summed E-state index contributed by atoms with van der Waals surface area (Å²) in [5.41, 5.74) is 0. The van der Waals surface area contributed by atoms with Crippen LogP contribution < -0.4 is 5.14 Å². The average Bonchev–Trinajstić information content (AvgIpc) is 2.04. The molecule has 0 aliphatic carbocycles. The van der Waals surface area contributed by atoms with Crippen LogP contribution in [0.1, 0.15) is 12.8 Å². The largest absolute Gasteiger partial charge is 0.381 e. The Hall–Kier alpha value is -0.640. The number of rotatable bonds is 1. The van der Waals surface area contributed by atoms with Crippen molar-refractivity contribution in [3.8, 4) is 6.07 Å². The second-order valence-corrected chi connectivity index (χ2v) is 4.63. The lowest BCUT2D eigenvalue weighted by Crippen LogP contribution is -2.46. The highest BCUT2D eigenvalue weighted by atomic mass is 32.2. The van der Waals surface area contributed by atoms with E-state index in [1.165, 1.54) is 0 Å². The zero-order valence-electron chi connectivity index (χ0n) is 6.49. The van der Waals surface area contributed by atoms with Crippen molar-refractivity contribution in [2.45, 2.75) is 17.6 Å². The van der Waals surface area contributed by atoms with Gasteiger partial charge in [-0.05, 0) is 0 Å². The molecule has 1 aliphatic heterocycles. The van der Waals surface area contributed by atoms with Crippen LogP contribution in [0.15, 0.2) is 0 Å². The molecule has 68 valence electrons. The van der Waals surface area contributed by atoms with Crippen molar-refractivity contribution < 1.29 is 13.2 Å². The van der Waals surface area contributed by atoms with Gasteiger partial charge in [0.2, 0.25) is 10.0 Å². The van der Waals surface area contributed by atoms with Crippen molar-refractivity contribution in [1.29, 1.82) is 5.26 Å². The molecular formula is C6H10N2O3S. The lowest BCUT2D eigenvalue weighted by molar-refractivity contribution is 0.0863. The van der Waals surface area contributed by atoms with Gasteiger partial charge < -0.3 is 4.74 Å². The highest BCUT2D eigenvalue weighted by Crippen LogP contribution is 2.26. The third kappa shape index (κ3) is 1.43. The van der Waals surface area contributed by atoms with Crippen molar-refractivity contribution in [1.82, 2.24) is 0 Å². The van der Waals surface area contributed by atoms with Crippen LogP contribution in [0.25, 0.3) is 0 Å². The van der Waals surface area contributed by atoms with Gasteiger partial charge in [0.05, 0.1) is 6.07 Å². The van der Waals surface area contributed by atoms with E-state index in [-0.39, 0.29) is 26.1 Å². The molecule has 1 rings (SSSR count). The predicted octanol–water partition coefficient (Wildman–Crippen LogP) is -0.652. The fourth-order valence-corrected chi connectivity index (χ4v) is 2.02. The molecule has 0 unspecified atom stereocenters. The highest BCUT2D eigenvalue weighted by Gasteiger charge is 2.43. The fraction of sp³-hybridized carbons (Fsp3) is 0.833. The summed E-state index contributed by atoms with van der Waals surface area (Å²) >= 11 is 0. The monoisotopic (exact) mass is 190 g/mol. The Morgan fingerprint density at radius 2 is 1.92 bits per heavy atom. The Labute approximate surface area is 71.2 Å². The van der Waals surface area contributed by atoms with Gasteiger partial charge in [0.15, 0.2) is 4.75 Å². The number of ether oxygens (including phenoxy) is 1. The maximum atomic E-state index is 11.0. The van der Waals surface area contributed by atoms with Crippen LogP contribution in [0, 0.1) is 11.3 Å². The molecule has 0 aromatic rings. The number of hydrogen-bond donors (Lipinski definition) is 1. The topological polar surface area (TPSA) is 93.2 Å². The van der Waals surface area contributed by atoms with Crippen LogP contribution >= 0.6 is 0 Å². The van der Waals surface area contributed by atoms with E-state index < -0.39 is 14.8 Å². The summed E-state index contributed by atoms with van der Waals surface area (Å²) in [7, 11) is -3.78. The maximum absolute atomic E-state index is 11.0. The smallest absolute Gasteiger partial charge is 0.228 e. The summed E-state index contributed by atoms with van der Waals surface area (Å²) in [4.78, 5) is 0. The van der Waals surface area contributed by atoms with E-state index in [1.807, 2.05) is 0 Å². The predicted molar refractivity (Wildman–Crippen MR) is 41.5 cm³/mol. The Morgan fingerprint density at radius 1 is 1.42 bits per heavy atom. The third-order valence-electron chi connectivity index (χ3n) is 2.05. The molecule has 0 atom stereocenters. The van der Waals surface area contributed by atoms with Crippen molar-refractivity contribution in [2.75, 3.05) is 13.2 Å². The second kappa shape index (κ2) is 3.01. The van der Waals surface area contributed by atoms with Gasteiger partial charge in [0, 0.05) is 26.1 Å². The van der Waals surface area contributed by atoms with Crippen LogP contribution in [-0.4, -0.2) is 26.4 Å². The number of primary sulfonamides is 1. The molecule has 0 radical (unpaired) electrons. The molecule has 1 saturated heterocycles. The number of nitriles is 1. The van der Waals surface area contributed by atoms with E-state index in [9.17, 15) is 8.42 Å². The van der Waals surface area contributed by atoms with E-state index in [0.717, 1.165) is 0 Å². The Morgan fingerprint density at radius 3 is 2.17 bits per heavy atom. The van der Waals surface area contributed by atoms with Crippen LogP contribution in [0.2, 0.25) is 0 Å². The fourth-order valence-electron chi connectivity index (χ4n) is 1.16. The number of nitrogens with zero attached hydrogens (tertiary/aromatic N) is 1. The summed E-state index contributed by atoms with van der Waals surface area (Å²) in [5, 5.41) is 13.7. The minimum absolute atomic E-state index is 0.169. The van der Waals surface area contributed by atoms with E-state index in [4.69, 9.17) is 15.1 Å². The molecule has 0 saturated carbocycles. The van der Waals surface area contributed by atoms with Gasteiger partial charge in [0.1, 0.15) is 0 Å².